The van der Waals surface area contributed by atoms with Gasteiger partial charge in [0.2, 0.25) is 15.9 Å². The highest BCUT2D eigenvalue weighted by Gasteiger charge is 2.16. The number of nitrogens with zero attached hydrogens (tertiary/aromatic N) is 1. The summed E-state index contributed by atoms with van der Waals surface area (Å²) in [5.74, 6) is -0.0584. The Bertz CT molecular complexity index is 690. The zero-order valence-corrected chi connectivity index (χ0v) is 15.5. The van der Waals surface area contributed by atoms with E-state index >= 15 is 0 Å². The van der Waals surface area contributed by atoms with E-state index in [4.69, 9.17) is 0 Å². The molecule has 0 aromatic heterocycles. The number of nitrogens with one attached hydrogen (secondary N) is 1. The van der Waals surface area contributed by atoms with E-state index in [1.807, 2.05) is 4.90 Å². The molecule has 0 atom stereocenters. The summed E-state index contributed by atoms with van der Waals surface area (Å²) in [7, 11) is -3.33. The van der Waals surface area contributed by atoms with Gasteiger partial charge in [-0.1, -0.05) is 19.3 Å². The number of amides is 1. The Balaban J connectivity index is 1.85. The van der Waals surface area contributed by atoms with E-state index in [1.54, 1.807) is 24.3 Å². The predicted octanol–water partition coefficient (Wildman–Crippen LogP) is 2.81. The van der Waals surface area contributed by atoms with Gasteiger partial charge >= 0.3 is 0 Å². The monoisotopic (exact) mass is 366 g/mol. The number of ketones is 1. The lowest BCUT2D eigenvalue weighted by atomic mass is 10.0. The van der Waals surface area contributed by atoms with Crippen molar-refractivity contribution in [1.82, 2.24) is 4.90 Å². The molecule has 1 fully saturated rings. The molecule has 0 spiro atoms. The standard InChI is InChI=1S/C18H26N2O4S/c1-25(23,24)19-16-9-7-15(8-10-16)17(21)11-12-18(22)20-13-5-3-2-4-6-14-20/h7-10,19H,2-6,11-14H2,1H3. The van der Waals surface area contributed by atoms with Crippen molar-refractivity contribution in [1.29, 1.82) is 0 Å². The third-order valence-corrected chi connectivity index (χ3v) is 4.89. The lowest BCUT2D eigenvalue weighted by Crippen LogP contribution is -2.33. The molecule has 0 radical (unpaired) electrons. The number of anilines is 1. The lowest BCUT2D eigenvalue weighted by Gasteiger charge is -2.24. The van der Waals surface area contributed by atoms with Crippen molar-refractivity contribution in [2.75, 3.05) is 24.1 Å². The summed E-state index contributed by atoms with van der Waals surface area (Å²) in [6.45, 7) is 1.58. The van der Waals surface area contributed by atoms with Gasteiger partial charge in [0.25, 0.3) is 0 Å². The fraction of sp³-hybridized carbons (Fsp3) is 0.556. The van der Waals surface area contributed by atoms with Crippen molar-refractivity contribution in [2.45, 2.75) is 44.9 Å². The second-order valence-corrected chi connectivity index (χ2v) is 8.27. The molecule has 1 amide bonds. The molecule has 1 aliphatic heterocycles. The molecular weight excluding hydrogens is 340 g/mol. The summed E-state index contributed by atoms with van der Waals surface area (Å²) in [5, 5.41) is 0. The van der Waals surface area contributed by atoms with E-state index in [-0.39, 0.29) is 24.5 Å². The minimum atomic E-state index is -3.33. The molecule has 1 aromatic carbocycles. The van der Waals surface area contributed by atoms with E-state index in [1.165, 1.54) is 6.42 Å². The number of hydrogen-bond acceptors (Lipinski definition) is 4. The normalized spacial score (nSPS) is 16.0. The smallest absolute Gasteiger partial charge is 0.229 e. The first-order valence-electron chi connectivity index (χ1n) is 8.74. The molecule has 6 nitrogen and oxygen atoms in total. The number of likely N-dealkylation sites (tertiary alicyclic amines) is 1. The minimum Gasteiger partial charge on any atom is -0.343 e. The summed E-state index contributed by atoms with van der Waals surface area (Å²) in [6, 6.07) is 6.26. The molecule has 25 heavy (non-hydrogen) atoms. The number of hydrogen-bond donors (Lipinski definition) is 1. The Morgan fingerprint density at radius 2 is 1.52 bits per heavy atom. The van der Waals surface area contributed by atoms with E-state index in [0.717, 1.165) is 45.0 Å². The molecule has 1 saturated heterocycles. The summed E-state index contributed by atoms with van der Waals surface area (Å²) < 4.78 is 24.7. The van der Waals surface area contributed by atoms with E-state index < -0.39 is 10.0 Å². The quantitative estimate of drug-likeness (QED) is 0.785. The molecule has 0 aliphatic carbocycles. The number of Topliss-reactive ketones (excluding diaryl/α,β-unsaturated/α-hetero) is 1. The Hall–Kier alpha value is -1.89. The minimum absolute atomic E-state index is 0.0469. The molecule has 0 unspecified atom stereocenters. The molecule has 1 N–H and O–H groups in total. The maximum absolute atomic E-state index is 12.3. The number of benzene rings is 1. The van der Waals surface area contributed by atoms with Crippen LogP contribution in [0.25, 0.3) is 0 Å². The van der Waals surface area contributed by atoms with Crippen molar-refractivity contribution in [3.63, 3.8) is 0 Å². The van der Waals surface area contributed by atoms with Gasteiger partial charge in [0.1, 0.15) is 0 Å². The SMILES string of the molecule is CS(=O)(=O)Nc1ccc(C(=O)CCC(=O)N2CCCCCCC2)cc1. The second-order valence-electron chi connectivity index (χ2n) is 6.52. The Morgan fingerprint density at radius 3 is 2.08 bits per heavy atom. The van der Waals surface area contributed by atoms with Crippen molar-refractivity contribution in [2.24, 2.45) is 0 Å². The summed E-state index contributed by atoms with van der Waals surface area (Å²) >= 11 is 0. The third kappa shape index (κ3) is 6.86. The molecular formula is C18H26N2O4S. The summed E-state index contributed by atoms with van der Waals surface area (Å²) in [6.07, 6.45) is 7.11. The molecule has 7 heteroatoms. The molecule has 2 rings (SSSR count). The Kier molecular flexibility index (Phi) is 6.99. The van der Waals surface area contributed by atoms with Crippen LogP contribution >= 0.6 is 0 Å². The fourth-order valence-electron chi connectivity index (χ4n) is 2.96. The van der Waals surface area contributed by atoms with Crippen LogP contribution in [0.5, 0.6) is 0 Å². The van der Waals surface area contributed by atoms with Gasteiger partial charge in [0.15, 0.2) is 5.78 Å². The van der Waals surface area contributed by atoms with E-state index in [2.05, 4.69) is 4.72 Å². The first-order valence-corrected chi connectivity index (χ1v) is 10.6. The van der Waals surface area contributed by atoms with Gasteiger partial charge in [-0.2, -0.15) is 0 Å². The van der Waals surface area contributed by atoms with Gasteiger partial charge in [-0.3, -0.25) is 14.3 Å². The Labute approximate surface area is 149 Å². The van der Waals surface area contributed by atoms with Crippen molar-refractivity contribution < 1.29 is 18.0 Å². The largest absolute Gasteiger partial charge is 0.343 e. The van der Waals surface area contributed by atoms with E-state index in [0.29, 0.717) is 11.3 Å². The highest BCUT2D eigenvalue weighted by molar-refractivity contribution is 7.92. The van der Waals surface area contributed by atoms with E-state index in [9.17, 15) is 18.0 Å². The third-order valence-electron chi connectivity index (χ3n) is 4.28. The zero-order chi connectivity index (χ0) is 18.3. The van der Waals surface area contributed by atoms with Gasteiger partial charge in [-0.15, -0.1) is 0 Å². The number of rotatable bonds is 6. The first-order chi connectivity index (χ1) is 11.8. The van der Waals surface area contributed by atoms with Crippen LogP contribution < -0.4 is 4.72 Å². The van der Waals surface area contributed by atoms with Crippen molar-refractivity contribution in [3.8, 4) is 0 Å². The second kappa shape index (κ2) is 8.99. The van der Waals surface area contributed by atoms with Crippen LogP contribution in [0.3, 0.4) is 0 Å². The topological polar surface area (TPSA) is 83.5 Å². The van der Waals surface area contributed by atoms with Gasteiger partial charge in [-0.05, 0) is 37.1 Å². The van der Waals surface area contributed by atoms with Crippen LogP contribution in [0.1, 0.15) is 55.3 Å². The molecule has 1 heterocycles. The van der Waals surface area contributed by atoms with Crippen LogP contribution in [0.15, 0.2) is 24.3 Å². The molecule has 1 aromatic rings. The van der Waals surface area contributed by atoms with Gasteiger partial charge in [0, 0.05) is 37.2 Å². The predicted molar refractivity (Wildman–Crippen MR) is 98.1 cm³/mol. The van der Waals surface area contributed by atoms with Crippen LogP contribution in [-0.4, -0.2) is 44.4 Å². The fourth-order valence-corrected chi connectivity index (χ4v) is 3.52. The molecule has 0 saturated carbocycles. The zero-order valence-electron chi connectivity index (χ0n) is 14.7. The maximum Gasteiger partial charge on any atom is 0.229 e. The number of sulfonamides is 1. The average molecular weight is 366 g/mol. The van der Waals surface area contributed by atoms with Crippen LogP contribution in [0.2, 0.25) is 0 Å². The van der Waals surface area contributed by atoms with Crippen LogP contribution in [0.4, 0.5) is 5.69 Å². The Morgan fingerprint density at radius 1 is 0.960 bits per heavy atom. The van der Waals surface area contributed by atoms with Crippen molar-refractivity contribution >= 4 is 27.4 Å². The molecule has 1 aliphatic rings. The molecule has 138 valence electrons. The summed E-state index contributed by atoms with van der Waals surface area (Å²) in [4.78, 5) is 26.4. The highest BCUT2D eigenvalue weighted by Crippen LogP contribution is 2.15. The first kappa shape index (κ1) is 19.4. The van der Waals surface area contributed by atoms with Crippen LogP contribution in [0, 0.1) is 0 Å². The average Bonchev–Trinajstić information content (AvgIpc) is 2.51. The van der Waals surface area contributed by atoms with Crippen molar-refractivity contribution in [3.05, 3.63) is 29.8 Å². The number of carbonyl (C=O) groups is 2. The maximum atomic E-state index is 12.3. The lowest BCUT2D eigenvalue weighted by molar-refractivity contribution is -0.131. The van der Waals surface area contributed by atoms with Gasteiger partial charge < -0.3 is 4.90 Å². The van der Waals surface area contributed by atoms with Gasteiger partial charge in [-0.25, -0.2) is 8.42 Å². The van der Waals surface area contributed by atoms with Crippen LogP contribution in [-0.2, 0) is 14.8 Å². The number of carbonyl (C=O) groups excluding carboxylic acids is 2. The van der Waals surface area contributed by atoms with Gasteiger partial charge in [0.05, 0.1) is 6.26 Å². The molecule has 0 bridgehead atoms. The highest BCUT2D eigenvalue weighted by atomic mass is 32.2. The summed E-state index contributed by atoms with van der Waals surface area (Å²) in [5.41, 5.74) is 0.898.